The molecule has 0 aromatic heterocycles. The number of benzene rings is 1. The standard InChI is InChI=1S/C10H10FNOS/c11-9-3-1-4-10(8(9)7-12)13-5-2-6-14/h1,3-4,14H,2,5-6H2. The molecular formula is C10H10FNOS. The molecule has 0 heterocycles. The van der Waals surface area contributed by atoms with E-state index in [0.717, 1.165) is 6.42 Å². The summed E-state index contributed by atoms with van der Waals surface area (Å²) in [5, 5.41) is 8.67. The Morgan fingerprint density at radius 1 is 1.50 bits per heavy atom. The molecular weight excluding hydrogens is 201 g/mol. The lowest BCUT2D eigenvalue weighted by Gasteiger charge is -2.06. The molecule has 4 heteroatoms. The third kappa shape index (κ3) is 2.64. The molecule has 14 heavy (non-hydrogen) atoms. The van der Waals surface area contributed by atoms with Crippen molar-refractivity contribution in [3.05, 3.63) is 29.6 Å². The summed E-state index contributed by atoms with van der Waals surface area (Å²) in [6.45, 7) is 0.446. The van der Waals surface area contributed by atoms with Gasteiger partial charge in [-0.25, -0.2) is 4.39 Å². The minimum atomic E-state index is -0.545. The van der Waals surface area contributed by atoms with Crippen molar-refractivity contribution in [1.82, 2.24) is 0 Å². The lowest BCUT2D eigenvalue weighted by Crippen LogP contribution is -2.00. The molecule has 0 saturated carbocycles. The fraction of sp³-hybridized carbons (Fsp3) is 0.300. The van der Waals surface area contributed by atoms with Crippen LogP contribution in [-0.2, 0) is 0 Å². The van der Waals surface area contributed by atoms with Gasteiger partial charge in [-0.05, 0) is 24.3 Å². The minimum absolute atomic E-state index is 0.0355. The van der Waals surface area contributed by atoms with Crippen LogP contribution in [0.4, 0.5) is 4.39 Å². The lowest BCUT2D eigenvalue weighted by atomic mass is 10.2. The second kappa shape index (κ2) is 5.51. The Kier molecular flexibility index (Phi) is 4.27. The lowest BCUT2D eigenvalue weighted by molar-refractivity contribution is 0.316. The maximum atomic E-state index is 13.0. The summed E-state index contributed by atoms with van der Waals surface area (Å²) in [6.07, 6.45) is 0.768. The highest BCUT2D eigenvalue weighted by Gasteiger charge is 2.07. The van der Waals surface area contributed by atoms with E-state index < -0.39 is 5.82 Å². The van der Waals surface area contributed by atoms with Gasteiger partial charge in [0.25, 0.3) is 0 Å². The van der Waals surface area contributed by atoms with E-state index in [4.69, 9.17) is 10.00 Å². The molecule has 0 aliphatic carbocycles. The number of nitrogens with zero attached hydrogens (tertiary/aromatic N) is 1. The minimum Gasteiger partial charge on any atom is -0.492 e. The van der Waals surface area contributed by atoms with Crippen molar-refractivity contribution in [2.24, 2.45) is 0 Å². The zero-order valence-corrected chi connectivity index (χ0v) is 8.43. The molecule has 1 rings (SSSR count). The van der Waals surface area contributed by atoms with Crippen LogP contribution in [0.3, 0.4) is 0 Å². The van der Waals surface area contributed by atoms with Crippen LogP contribution in [-0.4, -0.2) is 12.4 Å². The van der Waals surface area contributed by atoms with Crippen molar-refractivity contribution in [3.63, 3.8) is 0 Å². The highest BCUT2D eigenvalue weighted by Crippen LogP contribution is 2.20. The highest BCUT2D eigenvalue weighted by molar-refractivity contribution is 7.80. The average Bonchev–Trinajstić information content (AvgIpc) is 2.18. The molecule has 0 amide bonds. The van der Waals surface area contributed by atoms with E-state index in [9.17, 15) is 4.39 Å². The van der Waals surface area contributed by atoms with Gasteiger partial charge in [0.05, 0.1) is 6.61 Å². The first-order chi connectivity index (χ1) is 6.79. The Morgan fingerprint density at radius 2 is 2.29 bits per heavy atom. The quantitative estimate of drug-likeness (QED) is 0.612. The van der Waals surface area contributed by atoms with Gasteiger partial charge in [0.1, 0.15) is 23.2 Å². The van der Waals surface area contributed by atoms with Crippen LogP contribution >= 0.6 is 12.6 Å². The van der Waals surface area contributed by atoms with Crippen LogP contribution in [0.1, 0.15) is 12.0 Å². The van der Waals surface area contributed by atoms with E-state index in [-0.39, 0.29) is 5.56 Å². The van der Waals surface area contributed by atoms with Gasteiger partial charge >= 0.3 is 0 Å². The van der Waals surface area contributed by atoms with Gasteiger partial charge < -0.3 is 4.74 Å². The first-order valence-electron chi connectivity index (χ1n) is 4.22. The summed E-state index contributed by atoms with van der Waals surface area (Å²) >= 11 is 4.02. The number of hydrogen-bond acceptors (Lipinski definition) is 3. The largest absolute Gasteiger partial charge is 0.492 e. The molecule has 0 atom stereocenters. The number of thiol groups is 1. The zero-order valence-electron chi connectivity index (χ0n) is 7.53. The van der Waals surface area contributed by atoms with Gasteiger partial charge in [0.15, 0.2) is 0 Å². The summed E-state index contributed by atoms with van der Waals surface area (Å²) in [5.41, 5.74) is -0.0355. The van der Waals surface area contributed by atoms with Crippen molar-refractivity contribution >= 4 is 12.6 Å². The van der Waals surface area contributed by atoms with Crippen LogP contribution in [0.25, 0.3) is 0 Å². The average molecular weight is 211 g/mol. The van der Waals surface area contributed by atoms with Crippen LogP contribution in [0.2, 0.25) is 0 Å². The van der Waals surface area contributed by atoms with Crippen LogP contribution in [0.5, 0.6) is 5.75 Å². The van der Waals surface area contributed by atoms with Gasteiger partial charge in [0, 0.05) is 0 Å². The first-order valence-corrected chi connectivity index (χ1v) is 4.85. The van der Waals surface area contributed by atoms with E-state index in [2.05, 4.69) is 12.6 Å². The van der Waals surface area contributed by atoms with Gasteiger partial charge in [-0.1, -0.05) is 6.07 Å². The number of nitriles is 1. The predicted octanol–water partition coefficient (Wildman–Crippen LogP) is 2.40. The van der Waals surface area contributed by atoms with Crippen molar-refractivity contribution in [2.75, 3.05) is 12.4 Å². The van der Waals surface area contributed by atoms with Crippen molar-refractivity contribution in [2.45, 2.75) is 6.42 Å². The van der Waals surface area contributed by atoms with Crippen LogP contribution in [0.15, 0.2) is 18.2 Å². The summed E-state index contributed by atoms with van der Waals surface area (Å²) < 4.78 is 18.3. The number of halogens is 1. The molecule has 0 fully saturated rings. The molecule has 0 spiro atoms. The fourth-order valence-electron chi connectivity index (χ4n) is 0.980. The van der Waals surface area contributed by atoms with Crippen LogP contribution in [0, 0.1) is 17.1 Å². The molecule has 0 radical (unpaired) electrons. The maximum absolute atomic E-state index is 13.0. The molecule has 0 aliphatic rings. The zero-order chi connectivity index (χ0) is 10.4. The smallest absolute Gasteiger partial charge is 0.144 e. The Labute approximate surface area is 87.7 Å². The fourth-order valence-corrected chi connectivity index (χ4v) is 1.11. The summed E-state index contributed by atoms with van der Waals surface area (Å²) in [4.78, 5) is 0. The van der Waals surface area contributed by atoms with Crippen molar-refractivity contribution in [1.29, 1.82) is 5.26 Å². The second-order valence-corrected chi connectivity index (χ2v) is 3.10. The maximum Gasteiger partial charge on any atom is 0.144 e. The molecule has 2 nitrogen and oxygen atoms in total. The monoisotopic (exact) mass is 211 g/mol. The predicted molar refractivity (Wildman–Crippen MR) is 55.1 cm³/mol. The van der Waals surface area contributed by atoms with Gasteiger partial charge in [-0.15, -0.1) is 0 Å². The van der Waals surface area contributed by atoms with E-state index in [1.165, 1.54) is 12.1 Å². The molecule has 0 N–H and O–H groups in total. The number of hydrogen-bond donors (Lipinski definition) is 1. The van der Waals surface area contributed by atoms with Crippen molar-refractivity contribution in [3.8, 4) is 11.8 Å². The topological polar surface area (TPSA) is 33.0 Å². The number of rotatable bonds is 4. The third-order valence-electron chi connectivity index (χ3n) is 1.65. The van der Waals surface area contributed by atoms with E-state index in [0.29, 0.717) is 18.1 Å². The van der Waals surface area contributed by atoms with Gasteiger partial charge in [-0.2, -0.15) is 17.9 Å². The van der Waals surface area contributed by atoms with Gasteiger partial charge in [-0.3, -0.25) is 0 Å². The van der Waals surface area contributed by atoms with E-state index in [1.807, 2.05) is 0 Å². The first kappa shape index (κ1) is 10.9. The third-order valence-corrected chi connectivity index (χ3v) is 1.96. The van der Waals surface area contributed by atoms with E-state index in [1.54, 1.807) is 12.1 Å². The molecule has 0 bridgehead atoms. The Balaban J connectivity index is 2.76. The molecule has 0 aliphatic heterocycles. The summed E-state index contributed by atoms with van der Waals surface area (Å²) in [6, 6.07) is 6.12. The molecule has 0 saturated heterocycles. The SMILES string of the molecule is N#Cc1c(F)cccc1OCCCS. The number of ether oxygens (including phenoxy) is 1. The molecule has 0 unspecified atom stereocenters. The second-order valence-electron chi connectivity index (χ2n) is 2.65. The summed E-state index contributed by atoms with van der Waals surface area (Å²) in [7, 11) is 0. The highest BCUT2D eigenvalue weighted by atomic mass is 32.1. The molecule has 1 aromatic carbocycles. The Hall–Kier alpha value is -1.21. The van der Waals surface area contributed by atoms with E-state index >= 15 is 0 Å². The van der Waals surface area contributed by atoms with Crippen LogP contribution < -0.4 is 4.74 Å². The molecule has 1 aromatic rings. The Morgan fingerprint density at radius 3 is 2.93 bits per heavy atom. The Bertz CT molecular complexity index is 348. The molecule has 74 valence electrons. The van der Waals surface area contributed by atoms with Gasteiger partial charge in [0.2, 0.25) is 0 Å². The summed E-state index contributed by atoms with van der Waals surface area (Å²) in [5.74, 6) is 0.460. The van der Waals surface area contributed by atoms with Crippen molar-refractivity contribution < 1.29 is 9.13 Å². The normalized spacial score (nSPS) is 9.50.